The Bertz CT molecular complexity index is 1390. The smallest absolute Gasteiger partial charge is 0.333 e. The Morgan fingerprint density at radius 3 is 2.44 bits per heavy atom. The molecule has 14 nitrogen and oxygen atoms in total. The first kappa shape index (κ1) is 40.9. The molecule has 4 aliphatic heterocycles. The lowest BCUT2D eigenvalue weighted by molar-refractivity contribution is -0.197. The average molecular weight is 730 g/mol. The van der Waals surface area contributed by atoms with Crippen molar-refractivity contribution in [2.75, 3.05) is 13.2 Å². The first-order valence-electron chi connectivity index (χ1n) is 18.5. The molecule has 4 saturated heterocycles. The van der Waals surface area contributed by atoms with Gasteiger partial charge in [0, 0.05) is 51.6 Å². The number of ether oxygens (including phenoxy) is 4. The van der Waals surface area contributed by atoms with Crippen LogP contribution in [0.4, 0.5) is 0 Å². The number of allylic oxidation sites excluding steroid dienone is 2. The largest absolute Gasteiger partial charge is 0.459 e. The summed E-state index contributed by atoms with van der Waals surface area (Å²) in [4.78, 5) is 76.1. The number of nitrogens with zero attached hydrogens (tertiary/aromatic N) is 1. The van der Waals surface area contributed by atoms with Gasteiger partial charge in [0.25, 0.3) is 11.8 Å². The molecule has 4 rings (SSSR count). The number of carbonyl (C=O) groups excluding carboxylic acids is 6. The molecule has 52 heavy (non-hydrogen) atoms. The van der Waals surface area contributed by atoms with E-state index in [1.54, 1.807) is 13.0 Å². The Hall–Kier alpha value is -3.88. The Morgan fingerprint density at radius 1 is 1.02 bits per heavy atom. The van der Waals surface area contributed by atoms with Gasteiger partial charge in [-0.15, -0.1) is 5.06 Å². The zero-order valence-corrected chi connectivity index (χ0v) is 31.1. The van der Waals surface area contributed by atoms with E-state index in [9.17, 15) is 28.8 Å². The summed E-state index contributed by atoms with van der Waals surface area (Å²) in [6.07, 6.45) is 13.3. The van der Waals surface area contributed by atoms with Crippen LogP contribution in [0.15, 0.2) is 36.0 Å². The number of unbranched alkanes of at least 4 members (excludes halogenated alkanes) is 2. The molecular formula is C38H55N3O11. The van der Waals surface area contributed by atoms with E-state index in [2.05, 4.69) is 23.6 Å². The van der Waals surface area contributed by atoms with Gasteiger partial charge in [0.1, 0.15) is 6.10 Å². The molecule has 4 aliphatic rings. The van der Waals surface area contributed by atoms with Gasteiger partial charge in [-0.3, -0.25) is 24.0 Å². The van der Waals surface area contributed by atoms with Crippen molar-refractivity contribution in [3.63, 3.8) is 0 Å². The fraction of sp³-hybridized carbons (Fsp3) is 0.684. The standard InChI is InChI=1S/C38H55N3O11/c1-24(11-14-32-25(2)19-31(27(4)50-32)40-33(43)15-12-26(3)49-28(5)42)10-13-29-21-38(23-48-38)22-30(51-29)20-34(44)39-18-8-6-7-9-37(47)52-41-35(45)16-17-36(41)46/h10-13,15,25-27,29-32H,6-9,14,16-23H2,1-5H3,(H,39,44)(H,40,43)/b13-10+,15-12-,24-11+/t25-,26-,27+,29+,30+,31+,32-,38+/m0/s1. The number of imide groups is 1. The Kier molecular flexibility index (Phi) is 15.2. The van der Waals surface area contributed by atoms with E-state index in [0.717, 1.165) is 24.8 Å². The minimum Gasteiger partial charge on any atom is -0.459 e. The van der Waals surface area contributed by atoms with Crippen LogP contribution in [-0.4, -0.2) is 95.9 Å². The van der Waals surface area contributed by atoms with Gasteiger partial charge < -0.3 is 34.4 Å². The number of rotatable bonds is 17. The molecule has 0 aliphatic carbocycles. The first-order chi connectivity index (χ1) is 24.7. The second kappa shape index (κ2) is 19.3. The van der Waals surface area contributed by atoms with Crippen molar-refractivity contribution in [1.29, 1.82) is 0 Å². The van der Waals surface area contributed by atoms with Crippen molar-refractivity contribution in [2.45, 2.75) is 147 Å². The van der Waals surface area contributed by atoms with E-state index in [4.69, 9.17) is 23.8 Å². The van der Waals surface area contributed by atoms with E-state index in [-0.39, 0.29) is 79.5 Å². The predicted molar refractivity (Wildman–Crippen MR) is 188 cm³/mol. The summed E-state index contributed by atoms with van der Waals surface area (Å²) in [5.41, 5.74) is 0.838. The number of esters is 1. The van der Waals surface area contributed by atoms with Crippen LogP contribution < -0.4 is 10.6 Å². The molecule has 2 N–H and O–H groups in total. The van der Waals surface area contributed by atoms with Crippen LogP contribution in [0, 0.1) is 5.92 Å². The number of carbonyl (C=O) groups is 6. The molecule has 0 bridgehead atoms. The highest BCUT2D eigenvalue weighted by molar-refractivity contribution is 6.01. The van der Waals surface area contributed by atoms with Gasteiger partial charge in [0.2, 0.25) is 11.8 Å². The topological polar surface area (TPSA) is 179 Å². The third-order valence-electron chi connectivity index (χ3n) is 9.74. The quantitative estimate of drug-likeness (QED) is 0.0557. The van der Waals surface area contributed by atoms with Crippen molar-refractivity contribution < 1.29 is 52.6 Å². The maximum atomic E-state index is 12.7. The Labute approximate surface area is 306 Å². The van der Waals surface area contributed by atoms with E-state index in [1.807, 2.05) is 26.0 Å². The summed E-state index contributed by atoms with van der Waals surface area (Å²) in [5, 5.41) is 6.50. The van der Waals surface area contributed by atoms with Crippen LogP contribution in [0.1, 0.15) is 105 Å². The molecule has 1 spiro atoms. The van der Waals surface area contributed by atoms with Gasteiger partial charge in [0.05, 0.1) is 49.1 Å². The van der Waals surface area contributed by atoms with E-state index in [1.165, 1.54) is 13.0 Å². The zero-order valence-electron chi connectivity index (χ0n) is 31.1. The molecule has 8 atom stereocenters. The summed E-state index contributed by atoms with van der Waals surface area (Å²) < 4.78 is 23.4. The number of hydrogen-bond acceptors (Lipinski definition) is 11. The molecule has 0 radical (unpaired) electrons. The molecule has 4 fully saturated rings. The second-order valence-corrected chi connectivity index (χ2v) is 14.5. The van der Waals surface area contributed by atoms with Crippen LogP contribution in [0.2, 0.25) is 0 Å². The van der Waals surface area contributed by atoms with E-state index >= 15 is 0 Å². The van der Waals surface area contributed by atoms with Crippen molar-refractivity contribution in [3.05, 3.63) is 36.0 Å². The third-order valence-corrected chi connectivity index (χ3v) is 9.74. The lowest BCUT2D eigenvalue weighted by Crippen LogP contribution is -2.50. The molecular weight excluding hydrogens is 674 g/mol. The van der Waals surface area contributed by atoms with Crippen molar-refractivity contribution in [1.82, 2.24) is 15.7 Å². The molecule has 0 aromatic heterocycles. The number of nitrogens with one attached hydrogen (secondary N) is 2. The predicted octanol–water partition coefficient (Wildman–Crippen LogP) is 3.68. The summed E-state index contributed by atoms with van der Waals surface area (Å²) in [6, 6.07) is -0.125. The van der Waals surface area contributed by atoms with Crippen LogP contribution in [0.25, 0.3) is 0 Å². The Morgan fingerprint density at radius 2 is 1.75 bits per heavy atom. The second-order valence-electron chi connectivity index (χ2n) is 14.5. The minimum absolute atomic E-state index is 0.0122. The summed E-state index contributed by atoms with van der Waals surface area (Å²) >= 11 is 0. The van der Waals surface area contributed by atoms with Crippen molar-refractivity contribution >= 4 is 35.6 Å². The molecule has 0 aromatic carbocycles. The SMILES string of the molecule is CC(=O)O[C@@H](C)/C=C\C(=O)N[C@@H]1C[C@H](C)[C@H](C/C=C(C)/C=C/[C@@H]2C[C@]3(CO3)C[C@@H](CC(=O)NCCCCCC(=O)ON3C(=O)CCC3=O)O2)O[C@@H]1C. The maximum Gasteiger partial charge on any atom is 0.333 e. The van der Waals surface area contributed by atoms with E-state index in [0.29, 0.717) is 43.9 Å². The lowest BCUT2D eigenvalue weighted by atomic mass is 9.88. The zero-order chi connectivity index (χ0) is 37.8. The van der Waals surface area contributed by atoms with Crippen LogP contribution in [-0.2, 0) is 52.6 Å². The molecule has 0 unspecified atom stereocenters. The third kappa shape index (κ3) is 13.3. The molecule has 14 heteroatoms. The van der Waals surface area contributed by atoms with Crippen LogP contribution in [0.5, 0.6) is 0 Å². The monoisotopic (exact) mass is 729 g/mol. The fourth-order valence-corrected chi connectivity index (χ4v) is 6.76. The molecule has 0 aromatic rings. The highest BCUT2D eigenvalue weighted by Gasteiger charge is 2.51. The number of hydrogen-bond donors (Lipinski definition) is 2. The normalized spacial score (nSPS) is 29.8. The first-order valence-corrected chi connectivity index (χ1v) is 18.5. The van der Waals surface area contributed by atoms with E-state index < -0.39 is 29.9 Å². The number of amides is 4. The summed E-state index contributed by atoms with van der Waals surface area (Å²) in [5.74, 6) is -2.14. The number of epoxide rings is 1. The van der Waals surface area contributed by atoms with Gasteiger partial charge in [-0.1, -0.05) is 37.1 Å². The van der Waals surface area contributed by atoms with Gasteiger partial charge in [0.15, 0.2) is 0 Å². The lowest BCUT2D eigenvalue weighted by Gasteiger charge is -2.39. The van der Waals surface area contributed by atoms with Gasteiger partial charge in [-0.05, 0) is 58.4 Å². The van der Waals surface area contributed by atoms with Crippen molar-refractivity contribution in [2.24, 2.45) is 5.92 Å². The minimum atomic E-state index is -0.618. The maximum absolute atomic E-state index is 12.7. The van der Waals surface area contributed by atoms with Gasteiger partial charge in [-0.2, -0.15) is 0 Å². The van der Waals surface area contributed by atoms with Gasteiger partial charge >= 0.3 is 11.9 Å². The van der Waals surface area contributed by atoms with Crippen LogP contribution >= 0.6 is 0 Å². The van der Waals surface area contributed by atoms with Gasteiger partial charge in [-0.25, -0.2) is 4.79 Å². The number of hydroxylamine groups is 2. The fourth-order valence-electron chi connectivity index (χ4n) is 6.76. The average Bonchev–Trinajstić information content (AvgIpc) is 3.74. The summed E-state index contributed by atoms with van der Waals surface area (Å²) in [6.45, 7) is 10.3. The summed E-state index contributed by atoms with van der Waals surface area (Å²) in [7, 11) is 0. The molecule has 4 amide bonds. The molecule has 0 saturated carbocycles. The Balaban J connectivity index is 1.13. The van der Waals surface area contributed by atoms with Crippen molar-refractivity contribution in [3.8, 4) is 0 Å². The van der Waals surface area contributed by atoms with Crippen LogP contribution in [0.3, 0.4) is 0 Å². The molecule has 4 heterocycles. The molecule has 288 valence electrons. The highest BCUT2D eigenvalue weighted by atomic mass is 16.7. The highest BCUT2D eigenvalue weighted by Crippen LogP contribution is 2.43.